The van der Waals surface area contributed by atoms with Gasteiger partial charge in [-0.25, -0.2) is 19.0 Å². The Bertz CT molecular complexity index is 1590. The first-order chi connectivity index (χ1) is 18.6. The van der Waals surface area contributed by atoms with Gasteiger partial charge in [-0.3, -0.25) is 9.88 Å². The lowest BCUT2D eigenvalue weighted by Gasteiger charge is -2.55. The maximum absolute atomic E-state index is 13.1. The summed E-state index contributed by atoms with van der Waals surface area (Å²) in [5.41, 5.74) is 2.49. The number of pyridine rings is 1. The predicted molar refractivity (Wildman–Crippen MR) is 136 cm³/mol. The molecule has 3 aliphatic rings. The first-order valence-corrected chi connectivity index (χ1v) is 12.4. The van der Waals surface area contributed by atoms with Gasteiger partial charge in [-0.15, -0.1) is 0 Å². The predicted octanol–water partition coefficient (Wildman–Crippen LogP) is 4.12. The Kier molecular flexibility index (Phi) is 5.71. The fraction of sp³-hybridized carbons (Fsp3) is 0.385. The molecule has 3 fully saturated rings. The van der Waals surface area contributed by atoms with Crippen molar-refractivity contribution in [1.29, 1.82) is 5.26 Å². The Morgan fingerprint density at radius 3 is 2.46 bits per heavy atom. The van der Waals surface area contributed by atoms with E-state index < -0.39 is 12.2 Å². The third kappa shape index (κ3) is 4.41. The van der Waals surface area contributed by atoms with Crippen LogP contribution in [0, 0.1) is 11.3 Å². The molecule has 13 heteroatoms. The van der Waals surface area contributed by atoms with Gasteiger partial charge < -0.3 is 9.64 Å². The number of aromatic nitrogens is 6. The summed E-state index contributed by atoms with van der Waals surface area (Å²) in [4.78, 5) is 25.8. The number of hydrogen-bond acceptors (Lipinski definition) is 8. The number of halogens is 2. The quantitative estimate of drug-likeness (QED) is 0.385. The van der Waals surface area contributed by atoms with E-state index in [0.717, 1.165) is 6.42 Å². The van der Waals surface area contributed by atoms with Crippen LogP contribution in [0.4, 0.5) is 19.4 Å². The number of piperazine rings is 1. The molecular weight excluding hydrogens is 508 g/mol. The summed E-state index contributed by atoms with van der Waals surface area (Å²) in [6.45, 7) is 4.05. The number of hydrogen-bond donors (Lipinski definition) is 0. The minimum absolute atomic E-state index is 0.0514. The number of nitriles is 1. The number of piperidine rings is 1. The lowest BCUT2D eigenvalue weighted by Crippen LogP contribution is -2.70. The van der Waals surface area contributed by atoms with E-state index in [9.17, 15) is 18.8 Å². The zero-order valence-corrected chi connectivity index (χ0v) is 21.5. The molecule has 0 N–H and O–H groups in total. The highest BCUT2D eigenvalue weighted by Gasteiger charge is 2.49. The van der Waals surface area contributed by atoms with Gasteiger partial charge in [0.05, 0.1) is 53.6 Å². The third-order valence-electron chi connectivity index (χ3n) is 6.90. The standard InChI is InChI=1S/C26H25F2N9O2/c1-26(2,3)39-25(38)37-18-5-19(37)14-34(13-18)22-10-30-21(9-31-22)20-4-15(17-8-33-36(12-17)24(27)28)11-35-23(20)16(6-29)7-32-35/h4,7-12,18-19,24H,5,13-14H2,1-3H3. The van der Waals surface area contributed by atoms with Gasteiger partial charge in [0, 0.05) is 42.2 Å². The average molecular weight is 534 g/mol. The first kappa shape index (κ1) is 24.7. The monoisotopic (exact) mass is 533 g/mol. The van der Waals surface area contributed by atoms with Gasteiger partial charge in [0.1, 0.15) is 17.5 Å². The summed E-state index contributed by atoms with van der Waals surface area (Å²) in [6.07, 6.45) is 9.63. The number of carbonyl (C=O) groups excluding carboxylic acids is 1. The van der Waals surface area contributed by atoms with Crippen molar-refractivity contribution in [2.45, 2.75) is 51.4 Å². The van der Waals surface area contributed by atoms with Gasteiger partial charge in [-0.05, 0) is 33.3 Å². The largest absolute Gasteiger partial charge is 0.444 e. The van der Waals surface area contributed by atoms with E-state index in [2.05, 4.69) is 31.1 Å². The molecule has 1 amide bonds. The van der Waals surface area contributed by atoms with Crippen molar-refractivity contribution < 1.29 is 18.3 Å². The molecule has 3 saturated heterocycles. The number of carbonyl (C=O) groups is 1. The van der Waals surface area contributed by atoms with Crippen LogP contribution in [0.25, 0.3) is 27.9 Å². The summed E-state index contributed by atoms with van der Waals surface area (Å²) >= 11 is 0. The van der Waals surface area contributed by atoms with Crippen LogP contribution >= 0.6 is 0 Å². The molecule has 11 nitrogen and oxygen atoms in total. The molecule has 4 aromatic heterocycles. The Morgan fingerprint density at radius 1 is 1.08 bits per heavy atom. The van der Waals surface area contributed by atoms with Gasteiger partial charge >= 0.3 is 12.6 Å². The second-order valence-corrected chi connectivity index (χ2v) is 10.7. The van der Waals surface area contributed by atoms with Crippen molar-refractivity contribution in [3.8, 4) is 28.5 Å². The van der Waals surface area contributed by atoms with Crippen molar-refractivity contribution in [3.63, 3.8) is 0 Å². The van der Waals surface area contributed by atoms with Crippen LogP contribution in [0.3, 0.4) is 0 Å². The molecule has 2 bridgehead atoms. The lowest BCUT2D eigenvalue weighted by atomic mass is 9.88. The molecule has 2 atom stereocenters. The highest BCUT2D eigenvalue weighted by Crippen LogP contribution is 2.36. The number of amides is 1. The maximum Gasteiger partial charge on any atom is 0.410 e. The number of rotatable bonds is 4. The van der Waals surface area contributed by atoms with E-state index in [-0.39, 0.29) is 18.2 Å². The molecule has 4 aromatic rings. The van der Waals surface area contributed by atoms with Gasteiger partial charge in [0.25, 0.3) is 0 Å². The number of fused-ring (bicyclic) bond motifs is 3. The first-order valence-electron chi connectivity index (χ1n) is 12.4. The lowest BCUT2D eigenvalue weighted by molar-refractivity contribution is -0.0380. The molecule has 2 unspecified atom stereocenters. The summed E-state index contributed by atoms with van der Waals surface area (Å²) in [6, 6.07) is 4.01. The fourth-order valence-corrected chi connectivity index (χ4v) is 5.18. The van der Waals surface area contributed by atoms with E-state index in [1.807, 2.05) is 25.7 Å². The van der Waals surface area contributed by atoms with Crippen LogP contribution in [0.1, 0.15) is 39.3 Å². The normalized spacial score (nSPS) is 18.8. The van der Waals surface area contributed by atoms with Crippen LogP contribution < -0.4 is 4.90 Å². The molecule has 39 heavy (non-hydrogen) atoms. The number of ether oxygens (including phenoxy) is 1. The summed E-state index contributed by atoms with van der Waals surface area (Å²) in [7, 11) is 0. The van der Waals surface area contributed by atoms with Crippen molar-refractivity contribution >= 4 is 17.4 Å². The van der Waals surface area contributed by atoms with Crippen LogP contribution in [-0.4, -0.2) is 71.1 Å². The second-order valence-electron chi connectivity index (χ2n) is 10.7. The zero-order valence-electron chi connectivity index (χ0n) is 21.5. The van der Waals surface area contributed by atoms with Gasteiger partial charge in [0.2, 0.25) is 0 Å². The van der Waals surface area contributed by atoms with Crippen LogP contribution in [0.5, 0.6) is 0 Å². The van der Waals surface area contributed by atoms with Gasteiger partial charge in [-0.1, -0.05) is 0 Å². The second kappa shape index (κ2) is 9.00. The SMILES string of the molecule is CC(C)(C)OC(=O)N1C2CC1CN(c1cnc(-c3cc(-c4cnn(C(F)F)c4)cn4ncc(C#N)c34)cn1)C2. The van der Waals surface area contributed by atoms with Gasteiger partial charge in [-0.2, -0.15) is 24.2 Å². The molecule has 7 rings (SSSR count). The maximum atomic E-state index is 13.1. The van der Waals surface area contributed by atoms with Crippen molar-refractivity contribution in [1.82, 2.24) is 34.3 Å². The highest BCUT2D eigenvalue weighted by atomic mass is 19.3. The Hall–Kier alpha value is -4.60. The summed E-state index contributed by atoms with van der Waals surface area (Å²) in [5, 5.41) is 17.6. The Morgan fingerprint density at radius 2 is 1.85 bits per heavy atom. The Labute approximate surface area is 222 Å². The molecule has 3 aliphatic heterocycles. The topological polar surface area (TPSA) is 117 Å². The molecule has 0 radical (unpaired) electrons. The minimum atomic E-state index is -2.76. The molecule has 7 heterocycles. The van der Waals surface area contributed by atoms with Crippen molar-refractivity contribution in [3.05, 3.63) is 48.8 Å². The smallest absolute Gasteiger partial charge is 0.410 e. The zero-order chi connectivity index (χ0) is 27.5. The number of nitrogens with zero attached hydrogens (tertiary/aromatic N) is 9. The molecular formula is C26H25F2N9O2. The van der Waals surface area contributed by atoms with E-state index in [0.29, 0.717) is 57.1 Å². The number of alkyl halides is 2. The minimum Gasteiger partial charge on any atom is -0.444 e. The Balaban J connectivity index is 1.27. The fourth-order valence-electron chi connectivity index (χ4n) is 5.18. The summed E-state index contributed by atoms with van der Waals surface area (Å²) in [5.74, 6) is 0.677. The molecule has 0 aliphatic carbocycles. The van der Waals surface area contributed by atoms with E-state index in [4.69, 9.17) is 4.74 Å². The van der Waals surface area contributed by atoms with E-state index >= 15 is 0 Å². The van der Waals surface area contributed by atoms with E-state index in [1.165, 1.54) is 23.1 Å². The van der Waals surface area contributed by atoms with Crippen LogP contribution in [0.15, 0.2) is 43.2 Å². The molecule has 0 saturated carbocycles. The summed E-state index contributed by atoms with van der Waals surface area (Å²) < 4.78 is 33.8. The molecule has 200 valence electrons. The molecule has 0 spiro atoms. The van der Waals surface area contributed by atoms with Crippen molar-refractivity contribution in [2.24, 2.45) is 0 Å². The third-order valence-corrected chi connectivity index (χ3v) is 6.90. The van der Waals surface area contributed by atoms with Gasteiger partial charge in [0.15, 0.2) is 0 Å². The molecule has 0 aromatic carbocycles. The van der Waals surface area contributed by atoms with Crippen LogP contribution in [-0.2, 0) is 4.74 Å². The van der Waals surface area contributed by atoms with Crippen LogP contribution in [0.2, 0.25) is 0 Å². The number of anilines is 1. The highest BCUT2D eigenvalue weighted by molar-refractivity contribution is 5.86. The van der Waals surface area contributed by atoms with E-state index in [1.54, 1.807) is 24.7 Å². The average Bonchev–Trinajstić information content (AvgIpc) is 3.55. The van der Waals surface area contributed by atoms with Crippen molar-refractivity contribution in [2.75, 3.05) is 18.0 Å².